The Kier molecular flexibility index (Phi) is 4.13. The van der Waals surface area contributed by atoms with Gasteiger partial charge in [0, 0.05) is 22.9 Å². The van der Waals surface area contributed by atoms with Crippen molar-refractivity contribution in [3.8, 4) is 22.8 Å². The van der Waals surface area contributed by atoms with Gasteiger partial charge in [0.05, 0.1) is 19.9 Å². The predicted molar refractivity (Wildman–Crippen MR) is 90.7 cm³/mol. The zero-order valence-corrected chi connectivity index (χ0v) is 14.3. The zero-order chi connectivity index (χ0) is 16.6. The summed E-state index contributed by atoms with van der Waals surface area (Å²) in [4.78, 5) is 4.59. The Morgan fingerprint density at radius 2 is 1.87 bits per heavy atom. The minimum absolute atomic E-state index is 0.613. The fourth-order valence-corrected chi connectivity index (χ4v) is 3.04. The van der Waals surface area contributed by atoms with Gasteiger partial charge in [-0.05, 0) is 31.5 Å². The van der Waals surface area contributed by atoms with Gasteiger partial charge in [0.2, 0.25) is 0 Å². The average molecular weight is 332 g/mol. The lowest BCUT2D eigenvalue weighted by Gasteiger charge is -2.08. The third kappa shape index (κ3) is 2.61. The third-order valence-corrected chi connectivity index (χ3v) is 4.27. The molecule has 6 heteroatoms. The summed E-state index contributed by atoms with van der Waals surface area (Å²) in [5.41, 5.74) is 4.38. The summed E-state index contributed by atoms with van der Waals surface area (Å²) >= 11 is 6.47. The van der Waals surface area contributed by atoms with E-state index in [-0.39, 0.29) is 0 Å². The second-order valence-corrected chi connectivity index (χ2v) is 5.55. The second-order valence-electron chi connectivity index (χ2n) is 5.19. The Labute approximate surface area is 139 Å². The molecule has 0 radical (unpaired) electrons. The molecule has 2 heterocycles. The van der Waals surface area contributed by atoms with Crippen molar-refractivity contribution < 1.29 is 9.47 Å². The van der Waals surface area contributed by atoms with E-state index < -0.39 is 0 Å². The van der Waals surface area contributed by atoms with Crippen LogP contribution in [0.5, 0.6) is 11.5 Å². The largest absolute Gasteiger partial charge is 0.493 e. The van der Waals surface area contributed by atoms with E-state index in [2.05, 4.69) is 17.0 Å². The van der Waals surface area contributed by atoms with Crippen molar-refractivity contribution in [2.45, 2.75) is 20.3 Å². The molecule has 1 aromatic carbocycles. The molecule has 0 fully saturated rings. The summed E-state index contributed by atoms with van der Waals surface area (Å²) in [6.45, 7) is 4.02. The van der Waals surface area contributed by atoms with E-state index in [0.717, 1.165) is 34.6 Å². The summed E-state index contributed by atoms with van der Waals surface area (Å²) in [6, 6.07) is 7.60. The molecular formula is C17H18ClN3O2. The lowest BCUT2D eigenvalue weighted by atomic mass is 10.1. The smallest absolute Gasteiger partial charge is 0.161 e. The summed E-state index contributed by atoms with van der Waals surface area (Å²) in [7, 11) is 3.22. The molecule has 0 N–H and O–H groups in total. The molecule has 2 aromatic heterocycles. The molecule has 3 aromatic rings. The van der Waals surface area contributed by atoms with E-state index in [4.69, 9.17) is 21.1 Å². The van der Waals surface area contributed by atoms with Crippen LogP contribution in [0.2, 0.25) is 5.15 Å². The molecule has 0 saturated heterocycles. The van der Waals surface area contributed by atoms with Gasteiger partial charge in [-0.25, -0.2) is 9.50 Å². The van der Waals surface area contributed by atoms with Crippen LogP contribution in [0.4, 0.5) is 0 Å². The maximum atomic E-state index is 6.47. The Balaban J connectivity index is 2.16. The van der Waals surface area contributed by atoms with Crippen LogP contribution < -0.4 is 9.47 Å². The average Bonchev–Trinajstić information content (AvgIpc) is 2.98. The topological polar surface area (TPSA) is 48.7 Å². The first-order chi connectivity index (χ1) is 11.1. The van der Waals surface area contributed by atoms with Crippen molar-refractivity contribution >= 4 is 17.2 Å². The quantitative estimate of drug-likeness (QED) is 0.679. The molecule has 0 amide bonds. The van der Waals surface area contributed by atoms with E-state index in [1.807, 2.05) is 31.2 Å². The molecule has 0 spiro atoms. The zero-order valence-electron chi connectivity index (χ0n) is 13.6. The number of fused-ring (bicyclic) bond motifs is 1. The first kappa shape index (κ1) is 15.6. The van der Waals surface area contributed by atoms with Crippen molar-refractivity contribution in [1.29, 1.82) is 0 Å². The van der Waals surface area contributed by atoms with Gasteiger partial charge < -0.3 is 9.47 Å². The Morgan fingerprint density at radius 3 is 2.52 bits per heavy atom. The minimum Gasteiger partial charge on any atom is -0.493 e. The van der Waals surface area contributed by atoms with Gasteiger partial charge in [-0.1, -0.05) is 18.5 Å². The monoisotopic (exact) mass is 331 g/mol. The van der Waals surface area contributed by atoms with Crippen LogP contribution in [-0.4, -0.2) is 28.8 Å². The van der Waals surface area contributed by atoms with Crippen molar-refractivity contribution in [3.05, 3.63) is 40.7 Å². The Bertz CT molecular complexity index is 874. The highest BCUT2D eigenvalue weighted by atomic mass is 35.5. The molecule has 0 saturated carbocycles. The van der Waals surface area contributed by atoms with Crippen LogP contribution in [0, 0.1) is 6.92 Å². The lowest BCUT2D eigenvalue weighted by molar-refractivity contribution is 0.355. The normalized spacial score (nSPS) is 11.0. The number of aryl methyl sites for hydroxylation is 1. The van der Waals surface area contributed by atoms with Crippen LogP contribution in [0.25, 0.3) is 16.9 Å². The highest BCUT2D eigenvalue weighted by Crippen LogP contribution is 2.32. The minimum atomic E-state index is 0.613. The van der Waals surface area contributed by atoms with Crippen molar-refractivity contribution in [3.63, 3.8) is 0 Å². The molecule has 0 unspecified atom stereocenters. The maximum Gasteiger partial charge on any atom is 0.161 e. The molecule has 5 nitrogen and oxygen atoms in total. The van der Waals surface area contributed by atoms with Gasteiger partial charge in [0.1, 0.15) is 5.15 Å². The lowest BCUT2D eigenvalue weighted by Crippen LogP contribution is -2.01. The molecular weight excluding hydrogens is 314 g/mol. The molecule has 120 valence electrons. The fraction of sp³-hybridized carbons (Fsp3) is 0.294. The number of methoxy groups -OCH3 is 2. The van der Waals surface area contributed by atoms with Crippen molar-refractivity contribution in [2.24, 2.45) is 0 Å². The van der Waals surface area contributed by atoms with Gasteiger partial charge in [0.15, 0.2) is 17.1 Å². The van der Waals surface area contributed by atoms with Crippen LogP contribution in [0.15, 0.2) is 24.3 Å². The van der Waals surface area contributed by atoms with E-state index in [9.17, 15) is 0 Å². The number of benzene rings is 1. The number of halogens is 1. The van der Waals surface area contributed by atoms with Crippen LogP contribution in [0.1, 0.15) is 18.2 Å². The summed E-state index contributed by atoms with van der Waals surface area (Å²) in [5, 5.41) is 5.20. The maximum absolute atomic E-state index is 6.47. The molecule has 23 heavy (non-hydrogen) atoms. The van der Waals surface area contributed by atoms with E-state index >= 15 is 0 Å². The molecule has 0 aliphatic carbocycles. The molecule has 0 atom stereocenters. The summed E-state index contributed by atoms with van der Waals surface area (Å²) in [6.07, 6.45) is 0.819. The number of aromatic nitrogens is 3. The van der Waals surface area contributed by atoms with Gasteiger partial charge in [0.25, 0.3) is 0 Å². The van der Waals surface area contributed by atoms with E-state index in [0.29, 0.717) is 16.7 Å². The molecule has 3 rings (SSSR count). The van der Waals surface area contributed by atoms with Gasteiger partial charge >= 0.3 is 0 Å². The van der Waals surface area contributed by atoms with E-state index in [1.165, 1.54) is 0 Å². The number of hydrogen-bond donors (Lipinski definition) is 0. The molecule has 0 bridgehead atoms. The SMILES string of the molecule is CCc1c(C)nc2cc(-c3ccc(OC)c(OC)c3)nn2c1Cl. The highest BCUT2D eigenvalue weighted by Gasteiger charge is 2.14. The summed E-state index contributed by atoms with van der Waals surface area (Å²) < 4.78 is 12.3. The molecule has 0 aliphatic rings. The standard InChI is InChI=1S/C17H18ClN3O2/c1-5-12-10(2)19-16-9-13(20-21(16)17(12)18)11-6-7-14(22-3)15(8-11)23-4/h6-9H,5H2,1-4H3. The predicted octanol–water partition coefficient (Wildman–Crippen LogP) is 3.94. The van der Waals surface area contributed by atoms with Crippen LogP contribution in [0.3, 0.4) is 0 Å². The fourth-order valence-electron chi connectivity index (χ4n) is 2.65. The summed E-state index contributed by atoms with van der Waals surface area (Å²) in [5.74, 6) is 1.34. The highest BCUT2D eigenvalue weighted by molar-refractivity contribution is 6.30. The van der Waals surface area contributed by atoms with Crippen LogP contribution in [-0.2, 0) is 6.42 Å². The van der Waals surface area contributed by atoms with Gasteiger partial charge in [-0.15, -0.1) is 0 Å². The number of nitrogens with zero attached hydrogens (tertiary/aromatic N) is 3. The van der Waals surface area contributed by atoms with Crippen molar-refractivity contribution in [1.82, 2.24) is 14.6 Å². The second kappa shape index (κ2) is 6.08. The Hall–Kier alpha value is -2.27. The third-order valence-electron chi connectivity index (χ3n) is 3.88. The van der Waals surface area contributed by atoms with Crippen LogP contribution >= 0.6 is 11.6 Å². The van der Waals surface area contributed by atoms with Crippen molar-refractivity contribution in [2.75, 3.05) is 14.2 Å². The first-order valence-electron chi connectivity index (χ1n) is 7.36. The molecule has 0 aliphatic heterocycles. The first-order valence-corrected chi connectivity index (χ1v) is 7.74. The van der Waals surface area contributed by atoms with E-state index in [1.54, 1.807) is 18.7 Å². The Morgan fingerprint density at radius 1 is 1.13 bits per heavy atom. The van der Waals surface area contributed by atoms with Gasteiger partial charge in [-0.3, -0.25) is 0 Å². The van der Waals surface area contributed by atoms with Gasteiger partial charge in [-0.2, -0.15) is 5.10 Å². The number of ether oxygens (including phenoxy) is 2. The number of rotatable bonds is 4. The number of hydrogen-bond acceptors (Lipinski definition) is 4.